The van der Waals surface area contributed by atoms with Crippen LogP contribution in [0.4, 0.5) is 5.69 Å². The van der Waals surface area contributed by atoms with Crippen LogP contribution in [0.15, 0.2) is 48.5 Å². The number of nitrogens with zero attached hydrogens (tertiary/aromatic N) is 2. The monoisotopic (exact) mass is 363 g/mol. The molecule has 27 heavy (non-hydrogen) atoms. The van der Waals surface area contributed by atoms with Gasteiger partial charge >= 0.3 is 0 Å². The number of para-hydroxylation sites is 1. The zero-order valence-corrected chi connectivity index (χ0v) is 16.2. The number of amides is 1. The number of nitrogens with one attached hydrogen (secondary N) is 1. The first-order valence-electron chi connectivity index (χ1n) is 9.06. The van der Waals surface area contributed by atoms with Gasteiger partial charge in [-0.15, -0.1) is 0 Å². The molecule has 0 aliphatic carbocycles. The van der Waals surface area contributed by atoms with E-state index in [1.165, 1.54) is 0 Å². The van der Waals surface area contributed by atoms with Crippen LogP contribution in [0.5, 0.6) is 5.75 Å². The molecule has 1 N–H and O–H groups in total. The molecule has 1 aromatic heterocycles. The molecule has 0 radical (unpaired) electrons. The van der Waals surface area contributed by atoms with Gasteiger partial charge in [0.15, 0.2) is 0 Å². The Morgan fingerprint density at radius 2 is 1.70 bits per heavy atom. The van der Waals surface area contributed by atoms with Gasteiger partial charge in [-0.25, -0.2) is 4.68 Å². The van der Waals surface area contributed by atoms with Crippen LogP contribution in [0.3, 0.4) is 0 Å². The third-order valence-corrected chi connectivity index (χ3v) is 4.35. The molecule has 5 heteroatoms. The number of rotatable bonds is 6. The maximum Gasteiger partial charge on any atom is 0.227 e. The van der Waals surface area contributed by atoms with E-state index in [1.54, 1.807) is 0 Å². The predicted octanol–water partition coefficient (Wildman–Crippen LogP) is 4.51. The van der Waals surface area contributed by atoms with Gasteiger partial charge in [0.25, 0.3) is 0 Å². The van der Waals surface area contributed by atoms with Crippen molar-refractivity contribution >= 4 is 11.6 Å². The van der Waals surface area contributed by atoms with Crippen molar-refractivity contribution in [1.82, 2.24) is 9.78 Å². The molecular formula is C22H25N3O2. The summed E-state index contributed by atoms with van der Waals surface area (Å²) < 4.78 is 7.57. The third kappa shape index (κ3) is 4.56. The lowest BCUT2D eigenvalue weighted by molar-refractivity contribution is -0.116. The SMILES string of the molecule is Cc1cc(C)cc(OCCC(=O)Nc2c(C)nn(-c3ccccc3)c2C)c1. The molecular weight excluding hydrogens is 338 g/mol. The fourth-order valence-corrected chi connectivity index (χ4v) is 3.12. The second-order valence-corrected chi connectivity index (χ2v) is 6.76. The highest BCUT2D eigenvalue weighted by Crippen LogP contribution is 2.23. The molecule has 3 rings (SSSR count). The molecule has 0 atom stereocenters. The first-order chi connectivity index (χ1) is 12.9. The van der Waals surface area contributed by atoms with Crippen molar-refractivity contribution in [1.29, 1.82) is 0 Å². The van der Waals surface area contributed by atoms with Crippen molar-refractivity contribution in [2.24, 2.45) is 0 Å². The second-order valence-electron chi connectivity index (χ2n) is 6.76. The first-order valence-corrected chi connectivity index (χ1v) is 9.06. The number of carbonyl (C=O) groups excluding carboxylic acids is 1. The highest BCUT2D eigenvalue weighted by atomic mass is 16.5. The van der Waals surface area contributed by atoms with Crippen LogP contribution in [0.2, 0.25) is 0 Å². The summed E-state index contributed by atoms with van der Waals surface area (Å²) in [5, 5.41) is 7.53. The van der Waals surface area contributed by atoms with Crippen molar-refractivity contribution in [3.63, 3.8) is 0 Å². The highest BCUT2D eigenvalue weighted by molar-refractivity contribution is 5.92. The Kier molecular flexibility index (Phi) is 5.60. The van der Waals surface area contributed by atoms with E-state index in [9.17, 15) is 4.79 Å². The number of aromatic nitrogens is 2. The quantitative estimate of drug-likeness (QED) is 0.701. The fraction of sp³-hybridized carbons (Fsp3) is 0.273. The number of hydrogen-bond acceptors (Lipinski definition) is 3. The molecule has 1 heterocycles. The minimum atomic E-state index is -0.0850. The zero-order valence-electron chi connectivity index (χ0n) is 16.2. The summed E-state index contributed by atoms with van der Waals surface area (Å²) in [6, 6.07) is 15.9. The molecule has 0 aliphatic rings. The Morgan fingerprint density at radius 1 is 1.04 bits per heavy atom. The molecule has 0 bridgehead atoms. The van der Waals surface area contributed by atoms with E-state index in [0.717, 1.165) is 39.6 Å². The summed E-state index contributed by atoms with van der Waals surface area (Å²) >= 11 is 0. The molecule has 0 spiro atoms. The molecule has 0 fully saturated rings. The second kappa shape index (κ2) is 8.08. The molecule has 0 saturated heterocycles. The summed E-state index contributed by atoms with van der Waals surface area (Å²) in [7, 11) is 0. The van der Waals surface area contributed by atoms with Crippen LogP contribution in [0.25, 0.3) is 5.69 Å². The van der Waals surface area contributed by atoms with Crippen LogP contribution >= 0.6 is 0 Å². The van der Waals surface area contributed by atoms with Gasteiger partial charge < -0.3 is 10.1 Å². The minimum Gasteiger partial charge on any atom is -0.493 e. The average molecular weight is 363 g/mol. The van der Waals surface area contributed by atoms with E-state index in [2.05, 4.69) is 16.5 Å². The van der Waals surface area contributed by atoms with E-state index in [-0.39, 0.29) is 12.3 Å². The van der Waals surface area contributed by atoms with Gasteiger partial charge in [-0.2, -0.15) is 5.10 Å². The van der Waals surface area contributed by atoms with Crippen molar-refractivity contribution in [2.75, 3.05) is 11.9 Å². The number of hydrogen-bond donors (Lipinski definition) is 1. The van der Waals surface area contributed by atoms with Crippen molar-refractivity contribution in [3.05, 3.63) is 71.0 Å². The average Bonchev–Trinajstić information content (AvgIpc) is 2.90. The van der Waals surface area contributed by atoms with Crippen LogP contribution in [0, 0.1) is 27.7 Å². The molecule has 0 unspecified atom stereocenters. The van der Waals surface area contributed by atoms with Crippen LogP contribution < -0.4 is 10.1 Å². The van der Waals surface area contributed by atoms with Crippen LogP contribution in [-0.2, 0) is 4.79 Å². The highest BCUT2D eigenvalue weighted by Gasteiger charge is 2.15. The van der Waals surface area contributed by atoms with Crippen molar-refractivity contribution < 1.29 is 9.53 Å². The fourth-order valence-electron chi connectivity index (χ4n) is 3.12. The number of benzene rings is 2. The summed E-state index contributed by atoms with van der Waals surface area (Å²) in [4.78, 5) is 12.4. The molecule has 0 aliphatic heterocycles. The van der Waals surface area contributed by atoms with Crippen LogP contribution in [0.1, 0.15) is 28.9 Å². The molecule has 1 amide bonds. The summed E-state index contributed by atoms with van der Waals surface area (Å²) in [6.07, 6.45) is 0.280. The Hall–Kier alpha value is -3.08. The first kappa shape index (κ1) is 18.7. The Morgan fingerprint density at radius 3 is 2.37 bits per heavy atom. The molecule has 0 saturated carbocycles. The largest absolute Gasteiger partial charge is 0.493 e. The normalized spacial score (nSPS) is 10.7. The van der Waals surface area contributed by atoms with E-state index in [0.29, 0.717) is 6.61 Å². The standard InChI is InChI=1S/C22H25N3O2/c1-15-12-16(2)14-20(13-15)27-11-10-21(26)23-22-17(3)24-25(18(22)4)19-8-6-5-7-9-19/h5-9,12-14H,10-11H2,1-4H3,(H,23,26). The van der Waals surface area contributed by atoms with Crippen molar-refractivity contribution in [3.8, 4) is 11.4 Å². The lowest BCUT2D eigenvalue weighted by Crippen LogP contribution is -2.16. The number of ether oxygens (including phenoxy) is 1. The van der Waals surface area contributed by atoms with Gasteiger partial charge in [0, 0.05) is 0 Å². The van der Waals surface area contributed by atoms with Crippen molar-refractivity contribution in [2.45, 2.75) is 34.1 Å². The molecule has 5 nitrogen and oxygen atoms in total. The lowest BCUT2D eigenvalue weighted by atomic mass is 10.1. The van der Waals surface area contributed by atoms with E-state index >= 15 is 0 Å². The predicted molar refractivity (Wildman–Crippen MR) is 108 cm³/mol. The van der Waals surface area contributed by atoms with Gasteiger partial charge in [-0.05, 0) is 63.1 Å². The Balaban J connectivity index is 1.62. The molecule has 3 aromatic rings. The minimum absolute atomic E-state index is 0.0850. The van der Waals surface area contributed by atoms with Crippen LogP contribution in [-0.4, -0.2) is 22.3 Å². The zero-order chi connectivity index (χ0) is 19.4. The van der Waals surface area contributed by atoms with E-state index in [4.69, 9.17) is 4.74 Å². The molecule has 2 aromatic carbocycles. The topological polar surface area (TPSA) is 56.1 Å². The smallest absolute Gasteiger partial charge is 0.227 e. The Bertz CT molecular complexity index is 925. The summed E-state index contributed by atoms with van der Waals surface area (Å²) in [6.45, 7) is 8.24. The number of aryl methyl sites for hydroxylation is 3. The van der Waals surface area contributed by atoms with E-state index < -0.39 is 0 Å². The number of anilines is 1. The van der Waals surface area contributed by atoms with E-state index in [1.807, 2.05) is 74.8 Å². The molecule has 140 valence electrons. The van der Waals surface area contributed by atoms with Gasteiger partial charge in [0.05, 0.1) is 35.8 Å². The number of carbonyl (C=O) groups is 1. The maximum absolute atomic E-state index is 12.4. The Labute approximate surface area is 160 Å². The lowest BCUT2D eigenvalue weighted by Gasteiger charge is -2.09. The van der Waals surface area contributed by atoms with Gasteiger partial charge in [0.2, 0.25) is 5.91 Å². The maximum atomic E-state index is 12.4. The van der Waals surface area contributed by atoms with Gasteiger partial charge in [0.1, 0.15) is 5.75 Å². The van der Waals surface area contributed by atoms with Gasteiger partial charge in [-0.3, -0.25) is 4.79 Å². The summed E-state index contributed by atoms with van der Waals surface area (Å²) in [5.41, 5.74) is 5.72. The summed E-state index contributed by atoms with van der Waals surface area (Å²) in [5.74, 6) is 0.711. The van der Waals surface area contributed by atoms with Gasteiger partial charge in [-0.1, -0.05) is 24.3 Å². The third-order valence-electron chi connectivity index (χ3n) is 4.35.